The van der Waals surface area contributed by atoms with Crippen LogP contribution in [0, 0.1) is 17.5 Å². The number of aliphatic hydroxyl groups is 1. The number of nitrogens with zero attached hydrogens (tertiary/aromatic N) is 2. The third-order valence-corrected chi connectivity index (χ3v) is 2.99. The van der Waals surface area contributed by atoms with Crippen molar-refractivity contribution in [3.8, 4) is 0 Å². The normalized spacial score (nSPS) is 12.7. The molecule has 0 aliphatic heterocycles. The van der Waals surface area contributed by atoms with Crippen LogP contribution in [0.2, 0.25) is 0 Å². The Morgan fingerprint density at radius 1 is 1.21 bits per heavy atom. The minimum absolute atomic E-state index is 0.196. The number of aryl methyl sites for hydroxylation is 2. The van der Waals surface area contributed by atoms with Crippen molar-refractivity contribution in [1.82, 2.24) is 9.78 Å². The molecule has 1 N–H and O–H groups in total. The molecule has 0 fully saturated rings. The summed E-state index contributed by atoms with van der Waals surface area (Å²) in [6.07, 6.45) is 1.07. The number of rotatable bonds is 4. The Kier molecular flexibility index (Phi) is 3.90. The predicted octanol–water partition coefficient (Wildman–Crippen LogP) is 2.50. The molecular weight excluding hydrogens is 257 g/mol. The highest BCUT2D eigenvalue weighted by Crippen LogP contribution is 2.24. The molecule has 0 amide bonds. The maximum atomic E-state index is 13.4. The van der Waals surface area contributed by atoms with Crippen LogP contribution >= 0.6 is 0 Å². The fourth-order valence-electron chi connectivity index (χ4n) is 1.88. The molecule has 0 aliphatic rings. The Morgan fingerprint density at radius 2 is 1.89 bits per heavy atom. The lowest BCUT2D eigenvalue weighted by Gasteiger charge is -2.12. The van der Waals surface area contributed by atoms with Crippen molar-refractivity contribution >= 4 is 0 Å². The van der Waals surface area contributed by atoms with Crippen LogP contribution in [0.5, 0.6) is 0 Å². The van der Waals surface area contributed by atoms with Crippen molar-refractivity contribution < 1.29 is 18.3 Å². The number of aromatic nitrogens is 2. The lowest BCUT2D eigenvalue weighted by atomic mass is 10.0. The van der Waals surface area contributed by atoms with E-state index in [0.717, 1.165) is 5.69 Å². The topological polar surface area (TPSA) is 38.0 Å². The van der Waals surface area contributed by atoms with Crippen molar-refractivity contribution in [2.75, 3.05) is 0 Å². The zero-order chi connectivity index (χ0) is 14.0. The van der Waals surface area contributed by atoms with Crippen LogP contribution in [-0.2, 0) is 13.5 Å². The van der Waals surface area contributed by atoms with Gasteiger partial charge in [-0.15, -0.1) is 0 Å². The summed E-state index contributed by atoms with van der Waals surface area (Å²) in [6, 6.07) is 2.91. The number of halogens is 3. The molecule has 0 bridgehead atoms. The van der Waals surface area contributed by atoms with E-state index in [1.165, 1.54) is 0 Å². The molecule has 1 aromatic carbocycles. The lowest BCUT2D eigenvalue weighted by molar-refractivity contribution is 0.161. The Hall–Kier alpha value is -1.82. The van der Waals surface area contributed by atoms with Crippen molar-refractivity contribution in [3.63, 3.8) is 0 Å². The molecule has 0 spiro atoms. The average molecular weight is 270 g/mol. The molecule has 19 heavy (non-hydrogen) atoms. The number of aliphatic hydroxyl groups excluding tert-OH is 1. The third kappa shape index (κ3) is 2.96. The second kappa shape index (κ2) is 5.44. The van der Waals surface area contributed by atoms with Crippen LogP contribution in [0.3, 0.4) is 0 Å². The smallest absolute Gasteiger partial charge is 0.161 e. The van der Waals surface area contributed by atoms with Gasteiger partial charge in [-0.25, -0.2) is 13.2 Å². The number of hydrogen-bond donors (Lipinski definition) is 1. The number of benzene rings is 1. The highest BCUT2D eigenvalue weighted by Gasteiger charge is 2.17. The van der Waals surface area contributed by atoms with E-state index in [-0.39, 0.29) is 12.0 Å². The molecule has 6 heteroatoms. The summed E-state index contributed by atoms with van der Waals surface area (Å²) < 4.78 is 40.9. The SMILES string of the molecule is Cn1nccc1CCC(O)c1cc(F)c(F)cc1F. The first-order valence-electron chi connectivity index (χ1n) is 5.78. The fraction of sp³-hybridized carbons (Fsp3) is 0.308. The monoisotopic (exact) mass is 270 g/mol. The molecule has 1 unspecified atom stereocenters. The van der Waals surface area contributed by atoms with E-state index in [4.69, 9.17) is 0 Å². The second-order valence-electron chi connectivity index (χ2n) is 4.29. The van der Waals surface area contributed by atoms with Gasteiger partial charge in [-0.2, -0.15) is 5.10 Å². The molecule has 1 heterocycles. The molecule has 1 atom stereocenters. The van der Waals surface area contributed by atoms with Gasteiger partial charge in [0.05, 0.1) is 6.10 Å². The van der Waals surface area contributed by atoms with Gasteiger partial charge in [-0.3, -0.25) is 4.68 Å². The van der Waals surface area contributed by atoms with Crippen molar-refractivity contribution in [1.29, 1.82) is 0 Å². The Bertz CT molecular complexity index is 583. The van der Waals surface area contributed by atoms with E-state index in [1.807, 2.05) is 0 Å². The van der Waals surface area contributed by atoms with Gasteiger partial charge in [-0.1, -0.05) is 0 Å². The predicted molar refractivity (Wildman–Crippen MR) is 62.8 cm³/mol. The van der Waals surface area contributed by atoms with Gasteiger partial charge in [0.15, 0.2) is 11.6 Å². The van der Waals surface area contributed by atoms with Crippen LogP contribution in [-0.4, -0.2) is 14.9 Å². The zero-order valence-corrected chi connectivity index (χ0v) is 10.3. The quantitative estimate of drug-likeness (QED) is 0.867. The molecule has 0 radical (unpaired) electrons. The van der Waals surface area contributed by atoms with Crippen molar-refractivity contribution in [2.24, 2.45) is 7.05 Å². The minimum Gasteiger partial charge on any atom is -0.388 e. The second-order valence-corrected chi connectivity index (χ2v) is 4.29. The molecule has 2 rings (SSSR count). The van der Waals surface area contributed by atoms with Gasteiger partial charge in [0.1, 0.15) is 5.82 Å². The largest absolute Gasteiger partial charge is 0.388 e. The van der Waals surface area contributed by atoms with Crippen molar-refractivity contribution in [2.45, 2.75) is 18.9 Å². The summed E-state index contributed by atoms with van der Waals surface area (Å²) >= 11 is 0. The van der Waals surface area contributed by atoms with Crippen LogP contribution in [0.4, 0.5) is 13.2 Å². The third-order valence-electron chi connectivity index (χ3n) is 2.99. The first-order valence-corrected chi connectivity index (χ1v) is 5.78. The average Bonchev–Trinajstić information content (AvgIpc) is 2.76. The first-order chi connectivity index (χ1) is 8.99. The van der Waals surface area contributed by atoms with Gasteiger partial charge in [-0.05, 0) is 25.0 Å². The lowest BCUT2D eigenvalue weighted by Crippen LogP contribution is -2.06. The Labute approximate surface area is 108 Å². The highest BCUT2D eigenvalue weighted by atomic mass is 19.2. The minimum atomic E-state index is -1.26. The summed E-state index contributed by atoms with van der Waals surface area (Å²) in [7, 11) is 1.75. The summed E-state index contributed by atoms with van der Waals surface area (Å²) in [6.45, 7) is 0. The molecule has 102 valence electrons. The maximum Gasteiger partial charge on any atom is 0.161 e. The fourth-order valence-corrected chi connectivity index (χ4v) is 1.88. The molecule has 0 saturated carbocycles. The molecule has 1 aromatic heterocycles. The maximum absolute atomic E-state index is 13.4. The molecule has 3 nitrogen and oxygen atoms in total. The van der Waals surface area contributed by atoms with Crippen LogP contribution in [0.25, 0.3) is 0 Å². The first kappa shape index (κ1) is 13.6. The zero-order valence-electron chi connectivity index (χ0n) is 10.3. The van der Waals surface area contributed by atoms with E-state index in [9.17, 15) is 18.3 Å². The van der Waals surface area contributed by atoms with Crippen LogP contribution in [0.15, 0.2) is 24.4 Å². The summed E-state index contributed by atoms with van der Waals surface area (Å²) in [5.41, 5.74) is 0.628. The Balaban J connectivity index is 2.10. The summed E-state index contributed by atoms with van der Waals surface area (Å²) in [5, 5.41) is 13.8. The van der Waals surface area contributed by atoms with E-state index in [0.29, 0.717) is 18.6 Å². The standard InChI is InChI=1S/C13H13F3N2O/c1-18-8(4-5-17-18)2-3-13(19)9-6-11(15)12(16)7-10(9)14/h4-7,13,19H,2-3H2,1H3. The van der Waals surface area contributed by atoms with E-state index in [2.05, 4.69) is 5.10 Å². The van der Waals surface area contributed by atoms with E-state index in [1.54, 1.807) is 24.0 Å². The molecule has 0 saturated heterocycles. The van der Waals surface area contributed by atoms with Gasteiger partial charge < -0.3 is 5.11 Å². The van der Waals surface area contributed by atoms with Crippen LogP contribution < -0.4 is 0 Å². The molecule has 0 aliphatic carbocycles. The van der Waals surface area contributed by atoms with Gasteiger partial charge in [0.2, 0.25) is 0 Å². The highest BCUT2D eigenvalue weighted by molar-refractivity contribution is 5.22. The van der Waals surface area contributed by atoms with Gasteiger partial charge >= 0.3 is 0 Å². The Morgan fingerprint density at radius 3 is 2.53 bits per heavy atom. The summed E-state index contributed by atoms with van der Waals surface area (Å²) in [5.74, 6) is -3.38. The van der Waals surface area contributed by atoms with E-state index < -0.39 is 23.6 Å². The molecular formula is C13H13F3N2O. The molecule has 2 aromatic rings. The van der Waals surface area contributed by atoms with Crippen LogP contribution in [0.1, 0.15) is 23.8 Å². The summed E-state index contributed by atoms with van der Waals surface area (Å²) in [4.78, 5) is 0. The van der Waals surface area contributed by atoms with Gasteiger partial charge in [0, 0.05) is 30.6 Å². The van der Waals surface area contributed by atoms with E-state index >= 15 is 0 Å². The van der Waals surface area contributed by atoms with Crippen molar-refractivity contribution in [3.05, 3.63) is 53.1 Å². The van der Waals surface area contributed by atoms with Gasteiger partial charge in [0.25, 0.3) is 0 Å². The number of hydrogen-bond acceptors (Lipinski definition) is 2.